The topological polar surface area (TPSA) is 47.2 Å². The van der Waals surface area contributed by atoms with Crippen LogP contribution in [-0.2, 0) is 11.3 Å². The van der Waals surface area contributed by atoms with E-state index in [2.05, 4.69) is 15.9 Å². The Bertz CT molecular complexity index is 2540. The molecular formula is C39H13BBrF20NO3. The van der Waals surface area contributed by atoms with Crippen LogP contribution in [0.5, 0.6) is 0 Å². The van der Waals surface area contributed by atoms with Gasteiger partial charge in [-0.25, -0.2) is 92.6 Å². The quantitative estimate of drug-likeness (QED) is 0.0215. The highest BCUT2D eigenvalue weighted by molar-refractivity contribution is 9.09. The molecule has 6 aromatic rings. The average molecular weight is 1010 g/mol. The number of halogens is 21. The minimum absolute atomic E-state index is 0.0605. The van der Waals surface area contributed by atoms with E-state index in [-0.39, 0.29) is 17.8 Å². The summed E-state index contributed by atoms with van der Waals surface area (Å²) < 4.78 is 300. The standard InChI is InChI=1S/C24BF20.C15H13BrNO3/c26-5-1(6(27)14(35)21(42)13(5)34)25(2-7(28)15(36)22(43)16(37)8(2)29,3-9(30)17(38)23(44)18(39)10(3)31)4-11(32)19(40)24(45)20(41)12(4)33;16-11-20-15(19)13-8-4-5-9-17(13)10-14(18)12-6-2-1-3-7-12/h;1-9H,10-11H2/q-1;+1. The Balaban J connectivity index is 0.000000330. The van der Waals surface area contributed by atoms with Crippen molar-refractivity contribution in [3.63, 3.8) is 0 Å². The molecule has 0 aliphatic heterocycles. The zero-order valence-electron chi connectivity index (χ0n) is 30.8. The van der Waals surface area contributed by atoms with Gasteiger partial charge < -0.3 is 4.74 Å². The average Bonchev–Trinajstić information content (AvgIpc) is 3.29. The van der Waals surface area contributed by atoms with Crippen LogP contribution in [0, 0.1) is 116 Å². The first-order valence-corrected chi connectivity index (χ1v) is 18.1. The lowest BCUT2D eigenvalue weighted by Gasteiger charge is -2.44. The summed E-state index contributed by atoms with van der Waals surface area (Å²) in [7, 11) is 0. The first kappa shape index (κ1) is 49.5. The lowest BCUT2D eigenvalue weighted by Crippen LogP contribution is -2.81. The molecule has 0 radical (unpaired) electrons. The molecule has 0 amide bonds. The van der Waals surface area contributed by atoms with E-state index in [0.29, 0.717) is 11.3 Å². The van der Waals surface area contributed by atoms with Crippen molar-refractivity contribution in [1.29, 1.82) is 0 Å². The number of ether oxygens (including phenoxy) is 1. The summed E-state index contributed by atoms with van der Waals surface area (Å²) in [5.41, 5.74) is -13.3. The van der Waals surface area contributed by atoms with E-state index in [9.17, 15) is 62.3 Å². The summed E-state index contributed by atoms with van der Waals surface area (Å²) in [6, 6.07) is 14.1. The van der Waals surface area contributed by atoms with Gasteiger partial charge in [0.15, 0.2) is 76.0 Å². The normalized spacial score (nSPS) is 11.4. The monoisotopic (exact) mass is 1010 g/mol. The molecule has 4 nitrogen and oxygen atoms in total. The lowest BCUT2D eigenvalue weighted by molar-refractivity contribution is -0.685. The molecule has 0 aliphatic rings. The van der Waals surface area contributed by atoms with Crippen molar-refractivity contribution < 1.29 is 107 Å². The maximum atomic E-state index is 15.4. The van der Waals surface area contributed by atoms with Gasteiger partial charge in [0.1, 0.15) is 58.2 Å². The number of benzene rings is 5. The third-order valence-corrected chi connectivity index (χ3v) is 9.68. The fourth-order valence-electron chi connectivity index (χ4n) is 6.67. The SMILES string of the molecule is Fc1c(F)c(F)c([B-](c2c(F)c(F)c(F)c(F)c2F)(c2c(F)c(F)c(F)c(F)c2F)c2c(F)c(F)c(F)c(F)c2F)c(F)c1F.O=C(C[n+]1ccccc1C(=O)OCBr)c1ccccc1. The Morgan fingerprint density at radius 3 is 0.985 bits per heavy atom. The molecule has 1 heterocycles. The highest BCUT2D eigenvalue weighted by Gasteiger charge is 2.52. The molecule has 5 aromatic carbocycles. The molecule has 0 fully saturated rings. The minimum Gasteiger partial charge on any atom is -0.446 e. The number of esters is 1. The van der Waals surface area contributed by atoms with Gasteiger partial charge in [0.05, 0.1) is 0 Å². The highest BCUT2D eigenvalue weighted by atomic mass is 79.9. The predicted octanol–water partition coefficient (Wildman–Crippen LogP) is 8.21. The molecule has 0 N–H and O–H groups in total. The van der Waals surface area contributed by atoms with Gasteiger partial charge in [-0.05, 0) is 22.0 Å². The van der Waals surface area contributed by atoms with Crippen LogP contribution in [0.2, 0.25) is 0 Å². The molecule has 6 rings (SSSR count). The molecule has 342 valence electrons. The maximum Gasteiger partial charge on any atom is 0.404 e. The van der Waals surface area contributed by atoms with Crippen molar-refractivity contribution in [1.82, 2.24) is 0 Å². The second kappa shape index (κ2) is 18.9. The largest absolute Gasteiger partial charge is 0.446 e. The Morgan fingerprint density at radius 2 is 0.692 bits per heavy atom. The van der Waals surface area contributed by atoms with Crippen molar-refractivity contribution in [2.75, 3.05) is 5.52 Å². The molecule has 0 saturated carbocycles. The Hall–Kier alpha value is -6.47. The van der Waals surface area contributed by atoms with Gasteiger partial charge in [-0.1, -0.05) is 30.3 Å². The number of aromatic nitrogens is 1. The van der Waals surface area contributed by atoms with Gasteiger partial charge in [-0.3, -0.25) is 4.79 Å². The van der Waals surface area contributed by atoms with Crippen LogP contribution in [0.1, 0.15) is 20.8 Å². The summed E-state index contributed by atoms with van der Waals surface area (Å²) >= 11 is 3.04. The smallest absolute Gasteiger partial charge is 0.404 e. The van der Waals surface area contributed by atoms with E-state index in [0.717, 1.165) is 0 Å². The first-order chi connectivity index (χ1) is 30.4. The van der Waals surface area contributed by atoms with Gasteiger partial charge in [0.2, 0.25) is 12.3 Å². The first-order valence-electron chi connectivity index (χ1n) is 17.0. The highest BCUT2D eigenvalue weighted by Crippen LogP contribution is 2.30. The molecule has 26 heteroatoms. The molecule has 0 unspecified atom stereocenters. The van der Waals surface area contributed by atoms with Gasteiger partial charge in [-0.2, -0.15) is 4.57 Å². The van der Waals surface area contributed by atoms with Crippen molar-refractivity contribution in [3.8, 4) is 0 Å². The zero-order chi connectivity index (χ0) is 48.7. The van der Waals surface area contributed by atoms with Crippen LogP contribution in [0.15, 0.2) is 54.7 Å². The number of hydrogen-bond donors (Lipinski definition) is 0. The van der Waals surface area contributed by atoms with E-state index in [1.165, 1.54) is 0 Å². The van der Waals surface area contributed by atoms with Crippen LogP contribution < -0.4 is 26.4 Å². The van der Waals surface area contributed by atoms with E-state index in [4.69, 9.17) is 4.74 Å². The number of ketones is 1. The summed E-state index contributed by atoms with van der Waals surface area (Å²) in [5, 5.41) is 0. The Kier molecular flexibility index (Phi) is 14.4. The number of rotatable bonds is 9. The number of Topliss-reactive ketones (excluding diaryl/α,β-unsaturated/α-hetero) is 1. The molecule has 1 aromatic heterocycles. The van der Waals surface area contributed by atoms with Gasteiger partial charge in [0, 0.05) is 17.7 Å². The number of alkyl halides is 1. The predicted molar refractivity (Wildman–Crippen MR) is 186 cm³/mol. The summed E-state index contributed by atoms with van der Waals surface area (Å²) in [5.74, 6) is -71.9. The van der Waals surface area contributed by atoms with E-state index < -0.39 is 150 Å². The zero-order valence-corrected chi connectivity index (χ0v) is 32.4. The van der Waals surface area contributed by atoms with Crippen LogP contribution in [0.4, 0.5) is 87.8 Å². The van der Waals surface area contributed by atoms with Gasteiger partial charge in [-0.15, -0.1) is 21.9 Å². The third kappa shape index (κ3) is 8.15. The second-order valence-electron chi connectivity index (χ2n) is 12.8. The van der Waals surface area contributed by atoms with Gasteiger partial charge in [0.25, 0.3) is 5.69 Å². The molecule has 0 bridgehead atoms. The molecule has 65 heavy (non-hydrogen) atoms. The van der Waals surface area contributed by atoms with Crippen LogP contribution in [-0.4, -0.2) is 23.4 Å². The van der Waals surface area contributed by atoms with Crippen molar-refractivity contribution in [3.05, 3.63) is 182 Å². The maximum absolute atomic E-state index is 15.4. The van der Waals surface area contributed by atoms with Crippen molar-refractivity contribution in [2.24, 2.45) is 0 Å². The molecule has 0 atom stereocenters. The van der Waals surface area contributed by atoms with Crippen molar-refractivity contribution in [2.45, 2.75) is 6.54 Å². The fraction of sp³-hybridized carbons (Fsp3) is 0.0513. The number of carbonyl (C=O) groups excluding carboxylic acids is 2. The van der Waals surface area contributed by atoms with Crippen molar-refractivity contribution >= 4 is 55.7 Å². The van der Waals surface area contributed by atoms with Crippen LogP contribution in [0.25, 0.3) is 0 Å². The van der Waals surface area contributed by atoms with Gasteiger partial charge >= 0.3 is 5.97 Å². The second-order valence-corrected chi connectivity index (χ2v) is 13.3. The van der Waals surface area contributed by atoms with E-state index in [1.54, 1.807) is 41.1 Å². The van der Waals surface area contributed by atoms with Crippen LogP contribution in [0.3, 0.4) is 0 Å². The molecular weight excluding hydrogens is 1000 g/mol. The third-order valence-electron chi connectivity index (χ3n) is 9.45. The fourth-order valence-corrected chi connectivity index (χ4v) is 6.88. The summed E-state index contributed by atoms with van der Waals surface area (Å²) in [4.78, 5) is 24.0. The Labute approximate surface area is 356 Å². The molecule has 0 aliphatic carbocycles. The summed E-state index contributed by atoms with van der Waals surface area (Å²) in [6.45, 7) is 0.0948. The lowest BCUT2D eigenvalue weighted by atomic mass is 9.12. The number of carbonyl (C=O) groups is 2. The molecule has 0 spiro atoms. The number of nitrogens with zero attached hydrogens (tertiary/aromatic N) is 1. The number of pyridine rings is 1. The van der Waals surface area contributed by atoms with E-state index >= 15 is 35.1 Å². The minimum atomic E-state index is -7.22. The Morgan fingerprint density at radius 1 is 0.415 bits per heavy atom. The summed E-state index contributed by atoms with van der Waals surface area (Å²) in [6.07, 6.45) is -5.53. The van der Waals surface area contributed by atoms with Crippen LogP contribution >= 0.6 is 15.9 Å². The van der Waals surface area contributed by atoms with E-state index in [1.807, 2.05) is 18.2 Å². The molecule has 0 saturated heterocycles. The number of hydrogen-bond acceptors (Lipinski definition) is 3.